The summed E-state index contributed by atoms with van der Waals surface area (Å²) in [5.41, 5.74) is 0.133. The quantitative estimate of drug-likeness (QED) is 0.760. The Hall–Kier alpha value is -1.36. The standard InChI is InChI=1S/C12H16O4S/c1-15-10-6-3-5-9(12(13)14)11(10)16-7-4-8-17-2/h3,5-6H,4,7-8H2,1-2H3,(H,13,14). The lowest BCUT2D eigenvalue weighted by atomic mass is 10.2. The van der Waals surface area contributed by atoms with Gasteiger partial charge in [-0.15, -0.1) is 0 Å². The van der Waals surface area contributed by atoms with Crippen molar-refractivity contribution in [2.45, 2.75) is 6.42 Å². The molecule has 17 heavy (non-hydrogen) atoms. The molecule has 0 unspecified atom stereocenters. The lowest BCUT2D eigenvalue weighted by Crippen LogP contribution is -2.06. The van der Waals surface area contributed by atoms with Gasteiger partial charge < -0.3 is 14.6 Å². The van der Waals surface area contributed by atoms with Crippen molar-refractivity contribution in [2.24, 2.45) is 0 Å². The van der Waals surface area contributed by atoms with E-state index in [0.717, 1.165) is 12.2 Å². The number of carboxylic acid groups (broad SMARTS) is 1. The van der Waals surface area contributed by atoms with Gasteiger partial charge in [0.05, 0.1) is 13.7 Å². The summed E-state index contributed by atoms with van der Waals surface area (Å²) in [6.07, 6.45) is 2.89. The Morgan fingerprint density at radius 3 is 2.82 bits per heavy atom. The molecule has 5 heteroatoms. The molecule has 0 saturated heterocycles. The van der Waals surface area contributed by atoms with Gasteiger partial charge in [-0.1, -0.05) is 6.07 Å². The van der Waals surface area contributed by atoms with Crippen LogP contribution >= 0.6 is 11.8 Å². The molecule has 0 atom stereocenters. The Morgan fingerprint density at radius 1 is 1.47 bits per heavy atom. The number of rotatable bonds is 7. The van der Waals surface area contributed by atoms with Gasteiger partial charge in [-0.3, -0.25) is 0 Å². The summed E-state index contributed by atoms with van der Waals surface area (Å²) in [7, 11) is 1.50. The van der Waals surface area contributed by atoms with Crippen LogP contribution in [0.5, 0.6) is 11.5 Å². The minimum absolute atomic E-state index is 0.133. The first-order chi connectivity index (χ1) is 8.20. The zero-order valence-electron chi connectivity index (χ0n) is 9.93. The molecule has 1 N–H and O–H groups in total. The number of ether oxygens (including phenoxy) is 2. The number of thioether (sulfide) groups is 1. The minimum Gasteiger partial charge on any atom is -0.493 e. The van der Waals surface area contributed by atoms with Crippen molar-refractivity contribution in [3.05, 3.63) is 23.8 Å². The summed E-state index contributed by atoms with van der Waals surface area (Å²) >= 11 is 1.73. The number of hydrogen-bond donors (Lipinski definition) is 1. The zero-order chi connectivity index (χ0) is 12.7. The summed E-state index contributed by atoms with van der Waals surface area (Å²) < 4.78 is 10.6. The average Bonchev–Trinajstić information content (AvgIpc) is 2.34. The first-order valence-corrected chi connectivity index (χ1v) is 6.62. The Balaban J connectivity index is 2.82. The maximum absolute atomic E-state index is 11.0. The summed E-state index contributed by atoms with van der Waals surface area (Å²) in [6, 6.07) is 4.84. The fourth-order valence-corrected chi connectivity index (χ4v) is 1.78. The topological polar surface area (TPSA) is 55.8 Å². The highest BCUT2D eigenvalue weighted by Crippen LogP contribution is 2.31. The molecule has 0 saturated carbocycles. The fourth-order valence-electron chi connectivity index (χ4n) is 1.37. The highest BCUT2D eigenvalue weighted by Gasteiger charge is 2.15. The number of benzene rings is 1. The molecular weight excluding hydrogens is 240 g/mol. The largest absolute Gasteiger partial charge is 0.493 e. The second kappa shape index (κ2) is 7.06. The molecule has 0 aliphatic rings. The van der Waals surface area contributed by atoms with Gasteiger partial charge in [0.1, 0.15) is 5.56 Å². The molecule has 94 valence electrons. The third-order valence-electron chi connectivity index (χ3n) is 2.17. The van der Waals surface area contributed by atoms with Crippen molar-refractivity contribution in [1.29, 1.82) is 0 Å². The Morgan fingerprint density at radius 2 is 2.24 bits per heavy atom. The van der Waals surface area contributed by atoms with Crippen LogP contribution in [0.3, 0.4) is 0 Å². The second-order valence-corrected chi connectivity index (χ2v) is 4.32. The van der Waals surface area contributed by atoms with E-state index in [2.05, 4.69) is 0 Å². The van der Waals surface area contributed by atoms with Crippen molar-refractivity contribution < 1.29 is 19.4 Å². The van der Waals surface area contributed by atoms with E-state index < -0.39 is 5.97 Å². The molecule has 1 aromatic carbocycles. The van der Waals surface area contributed by atoms with Gasteiger partial charge in [0.15, 0.2) is 11.5 Å². The summed E-state index contributed by atoms with van der Waals surface area (Å²) in [5.74, 6) is 0.735. The average molecular weight is 256 g/mol. The highest BCUT2D eigenvalue weighted by molar-refractivity contribution is 7.98. The van der Waals surface area contributed by atoms with Crippen LogP contribution < -0.4 is 9.47 Å². The second-order valence-electron chi connectivity index (χ2n) is 3.34. The monoisotopic (exact) mass is 256 g/mol. The van der Waals surface area contributed by atoms with Crippen LogP contribution in [-0.4, -0.2) is 36.8 Å². The van der Waals surface area contributed by atoms with Crippen LogP contribution in [-0.2, 0) is 0 Å². The summed E-state index contributed by atoms with van der Waals surface area (Å²) in [6.45, 7) is 0.488. The van der Waals surface area contributed by atoms with Gasteiger partial charge in [-0.05, 0) is 30.6 Å². The van der Waals surface area contributed by atoms with Gasteiger partial charge >= 0.3 is 5.97 Å². The Labute approximate surface area is 105 Å². The van der Waals surface area contributed by atoms with Crippen molar-refractivity contribution >= 4 is 17.7 Å². The molecular formula is C12H16O4S. The van der Waals surface area contributed by atoms with Gasteiger partial charge in [0.25, 0.3) is 0 Å². The van der Waals surface area contributed by atoms with Crippen LogP contribution in [0.1, 0.15) is 16.8 Å². The van der Waals surface area contributed by atoms with Crippen LogP contribution in [0.15, 0.2) is 18.2 Å². The maximum Gasteiger partial charge on any atom is 0.339 e. The van der Waals surface area contributed by atoms with E-state index >= 15 is 0 Å². The number of para-hydroxylation sites is 1. The molecule has 1 aromatic rings. The van der Waals surface area contributed by atoms with Gasteiger partial charge in [0, 0.05) is 0 Å². The molecule has 1 rings (SSSR count). The third-order valence-corrected chi connectivity index (χ3v) is 2.87. The normalized spacial score (nSPS) is 10.0. The fraction of sp³-hybridized carbons (Fsp3) is 0.417. The number of aromatic carboxylic acids is 1. The molecule has 0 spiro atoms. The van der Waals surface area contributed by atoms with Crippen LogP contribution in [0, 0.1) is 0 Å². The van der Waals surface area contributed by atoms with Crippen LogP contribution in [0.25, 0.3) is 0 Å². The van der Waals surface area contributed by atoms with Crippen molar-refractivity contribution in [3.63, 3.8) is 0 Å². The lowest BCUT2D eigenvalue weighted by molar-refractivity contribution is 0.0691. The predicted molar refractivity (Wildman–Crippen MR) is 68.4 cm³/mol. The Kier molecular flexibility index (Phi) is 5.69. The van der Waals surface area contributed by atoms with Crippen LogP contribution in [0.4, 0.5) is 0 Å². The van der Waals surface area contributed by atoms with E-state index in [1.54, 1.807) is 23.9 Å². The SMILES string of the molecule is COc1cccc(C(=O)O)c1OCCCSC. The molecule has 4 nitrogen and oxygen atoms in total. The Bertz CT molecular complexity index is 379. The molecule has 0 bridgehead atoms. The van der Waals surface area contributed by atoms with Gasteiger partial charge in [-0.25, -0.2) is 4.79 Å². The lowest BCUT2D eigenvalue weighted by Gasteiger charge is -2.12. The van der Waals surface area contributed by atoms with Gasteiger partial charge in [0.2, 0.25) is 0 Å². The minimum atomic E-state index is -1.01. The predicted octanol–water partition coefficient (Wildman–Crippen LogP) is 2.53. The first kappa shape index (κ1) is 13.7. The van der Waals surface area contributed by atoms with E-state index in [0.29, 0.717) is 18.1 Å². The summed E-state index contributed by atoms with van der Waals surface area (Å²) in [5, 5.41) is 9.05. The van der Waals surface area contributed by atoms with Crippen molar-refractivity contribution in [1.82, 2.24) is 0 Å². The number of methoxy groups -OCH3 is 1. The molecule has 0 fully saturated rings. The molecule has 0 aliphatic heterocycles. The van der Waals surface area contributed by atoms with Crippen LogP contribution in [0.2, 0.25) is 0 Å². The maximum atomic E-state index is 11.0. The molecule has 0 aromatic heterocycles. The zero-order valence-corrected chi connectivity index (χ0v) is 10.8. The third kappa shape index (κ3) is 3.85. The van der Waals surface area contributed by atoms with E-state index in [9.17, 15) is 4.79 Å². The molecule has 0 radical (unpaired) electrons. The molecule has 0 heterocycles. The van der Waals surface area contributed by atoms with Gasteiger partial charge in [-0.2, -0.15) is 11.8 Å². The molecule has 0 aliphatic carbocycles. The van der Waals surface area contributed by atoms with E-state index in [4.69, 9.17) is 14.6 Å². The number of carboxylic acids is 1. The van der Waals surface area contributed by atoms with Crippen molar-refractivity contribution in [3.8, 4) is 11.5 Å². The van der Waals surface area contributed by atoms with Crippen molar-refractivity contribution in [2.75, 3.05) is 25.7 Å². The first-order valence-electron chi connectivity index (χ1n) is 5.22. The number of carbonyl (C=O) groups is 1. The smallest absolute Gasteiger partial charge is 0.339 e. The van der Waals surface area contributed by atoms with E-state index in [1.807, 2.05) is 6.26 Å². The molecule has 0 amide bonds. The highest BCUT2D eigenvalue weighted by atomic mass is 32.2. The van der Waals surface area contributed by atoms with E-state index in [1.165, 1.54) is 13.2 Å². The van der Waals surface area contributed by atoms with E-state index in [-0.39, 0.29) is 5.56 Å². The summed E-state index contributed by atoms with van der Waals surface area (Å²) in [4.78, 5) is 11.0. The number of hydrogen-bond acceptors (Lipinski definition) is 4.